The summed E-state index contributed by atoms with van der Waals surface area (Å²) in [5.41, 5.74) is 7.69. The number of halogens is 1. The summed E-state index contributed by atoms with van der Waals surface area (Å²) in [7, 11) is 0. The van der Waals surface area contributed by atoms with E-state index < -0.39 is 5.82 Å². The summed E-state index contributed by atoms with van der Waals surface area (Å²) in [5, 5.41) is 3.87. The monoisotopic (exact) mass is 235 g/mol. The molecule has 90 valence electrons. The van der Waals surface area contributed by atoms with Crippen LogP contribution in [-0.2, 0) is 6.42 Å². The highest BCUT2D eigenvalue weighted by Gasteiger charge is 2.17. The second-order valence-corrected chi connectivity index (χ2v) is 4.36. The van der Waals surface area contributed by atoms with E-state index >= 15 is 0 Å². The quantitative estimate of drug-likeness (QED) is 0.888. The Morgan fingerprint density at radius 2 is 2.18 bits per heavy atom. The van der Waals surface area contributed by atoms with Crippen LogP contribution in [0.25, 0.3) is 11.3 Å². The third kappa shape index (κ3) is 2.43. The van der Waals surface area contributed by atoms with Gasteiger partial charge in [-0.15, -0.1) is 0 Å². The largest absolute Gasteiger partial charge is 0.367 e. The van der Waals surface area contributed by atoms with Gasteiger partial charge >= 0.3 is 0 Å². The minimum atomic E-state index is -0.403. The van der Waals surface area contributed by atoms with Crippen molar-refractivity contribution >= 4 is 5.88 Å². The predicted octanol–water partition coefficient (Wildman–Crippen LogP) is 2.66. The SMILES string of the molecule is CC(C)Cc1c(-c2cncc(F)c2)noc1N. The normalized spacial score (nSPS) is 11.1. The molecule has 0 saturated heterocycles. The second kappa shape index (κ2) is 4.53. The van der Waals surface area contributed by atoms with Gasteiger partial charge in [-0.2, -0.15) is 0 Å². The molecular weight excluding hydrogens is 221 g/mol. The standard InChI is InChI=1S/C12H14FN3O/c1-7(2)3-10-11(16-17-12(10)14)8-4-9(13)6-15-5-8/h4-7H,3,14H2,1-2H3. The van der Waals surface area contributed by atoms with Crippen LogP contribution in [0.15, 0.2) is 23.0 Å². The Hall–Kier alpha value is -1.91. The molecule has 0 aliphatic rings. The third-order valence-corrected chi connectivity index (χ3v) is 2.41. The highest BCUT2D eigenvalue weighted by molar-refractivity contribution is 5.66. The van der Waals surface area contributed by atoms with Gasteiger partial charge in [0.2, 0.25) is 5.88 Å². The Balaban J connectivity index is 2.45. The van der Waals surface area contributed by atoms with Crippen LogP contribution in [0.5, 0.6) is 0 Å². The lowest BCUT2D eigenvalue weighted by Crippen LogP contribution is -1.98. The van der Waals surface area contributed by atoms with E-state index in [9.17, 15) is 4.39 Å². The zero-order valence-electron chi connectivity index (χ0n) is 9.77. The molecule has 0 aliphatic carbocycles. The van der Waals surface area contributed by atoms with Crippen molar-refractivity contribution in [2.75, 3.05) is 5.73 Å². The van der Waals surface area contributed by atoms with Crippen LogP contribution in [0.2, 0.25) is 0 Å². The van der Waals surface area contributed by atoms with Crippen molar-refractivity contribution in [2.24, 2.45) is 5.92 Å². The maximum atomic E-state index is 13.1. The molecule has 2 rings (SSSR count). The predicted molar refractivity (Wildman–Crippen MR) is 62.6 cm³/mol. The molecule has 2 N–H and O–H groups in total. The van der Waals surface area contributed by atoms with Crippen LogP contribution in [-0.4, -0.2) is 10.1 Å². The topological polar surface area (TPSA) is 64.9 Å². The van der Waals surface area contributed by atoms with Gasteiger partial charge in [-0.3, -0.25) is 4.98 Å². The minimum Gasteiger partial charge on any atom is -0.367 e. The van der Waals surface area contributed by atoms with E-state index in [0.717, 1.165) is 18.2 Å². The third-order valence-electron chi connectivity index (χ3n) is 2.41. The number of rotatable bonds is 3. The van der Waals surface area contributed by atoms with E-state index in [2.05, 4.69) is 24.0 Å². The molecule has 0 saturated carbocycles. The van der Waals surface area contributed by atoms with E-state index in [1.165, 1.54) is 6.07 Å². The summed E-state index contributed by atoms with van der Waals surface area (Å²) in [6, 6.07) is 1.37. The lowest BCUT2D eigenvalue weighted by atomic mass is 10.00. The van der Waals surface area contributed by atoms with Crippen molar-refractivity contribution in [1.82, 2.24) is 10.1 Å². The van der Waals surface area contributed by atoms with Crippen molar-refractivity contribution in [3.8, 4) is 11.3 Å². The zero-order valence-corrected chi connectivity index (χ0v) is 9.77. The maximum absolute atomic E-state index is 13.1. The van der Waals surface area contributed by atoms with Gasteiger partial charge in [0.05, 0.1) is 6.20 Å². The number of nitrogen functional groups attached to an aromatic ring is 1. The fourth-order valence-corrected chi connectivity index (χ4v) is 1.70. The van der Waals surface area contributed by atoms with Gasteiger partial charge in [0.25, 0.3) is 0 Å². The van der Waals surface area contributed by atoms with Gasteiger partial charge < -0.3 is 10.3 Å². The highest BCUT2D eigenvalue weighted by atomic mass is 19.1. The number of nitrogens with zero attached hydrogens (tertiary/aromatic N) is 2. The van der Waals surface area contributed by atoms with Gasteiger partial charge in [0.1, 0.15) is 11.5 Å². The summed E-state index contributed by atoms with van der Waals surface area (Å²) in [5.74, 6) is 0.300. The van der Waals surface area contributed by atoms with Crippen LogP contribution in [0, 0.1) is 11.7 Å². The van der Waals surface area contributed by atoms with E-state index in [0.29, 0.717) is 17.2 Å². The molecule has 0 bridgehead atoms. The van der Waals surface area contributed by atoms with Crippen LogP contribution in [0.1, 0.15) is 19.4 Å². The molecular formula is C12H14FN3O. The summed E-state index contributed by atoms with van der Waals surface area (Å²) in [4.78, 5) is 3.79. The van der Waals surface area contributed by atoms with Gasteiger partial charge in [-0.05, 0) is 18.4 Å². The summed E-state index contributed by atoms with van der Waals surface area (Å²) < 4.78 is 18.1. The molecule has 0 unspecified atom stereocenters. The lowest BCUT2D eigenvalue weighted by molar-refractivity contribution is 0.438. The van der Waals surface area contributed by atoms with Gasteiger partial charge in [0.15, 0.2) is 0 Å². The molecule has 0 aromatic carbocycles. The fourth-order valence-electron chi connectivity index (χ4n) is 1.70. The first kappa shape index (κ1) is 11.6. The zero-order chi connectivity index (χ0) is 12.4. The molecule has 0 spiro atoms. The van der Waals surface area contributed by atoms with Crippen LogP contribution in [0.4, 0.5) is 10.3 Å². The smallest absolute Gasteiger partial charge is 0.225 e. The molecule has 2 heterocycles. The van der Waals surface area contributed by atoms with E-state index in [-0.39, 0.29) is 5.88 Å². The van der Waals surface area contributed by atoms with Crippen molar-refractivity contribution < 1.29 is 8.91 Å². The average Bonchev–Trinajstić information content (AvgIpc) is 2.60. The number of nitrogens with two attached hydrogens (primary N) is 1. The summed E-state index contributed by atoms with van der Waals surface area (Å²) in [6.07, 6.45) is 3.43. The molecule has 0 atom stereocenters. The van der Waals surface area contributed by atoms with E-state index in [1.54, 1.807) is 6.20 Å². The molecule has 17 heavy (non-hydrogen) atoms. The Morgan fingerprint density at radius 1 is 1.41 bits per heavy atom. The van der Waals surface area contributed by atoms with Gasteiger partial charge in [-0.1, -0.05) is 19.0 Å². The van der Waals surface area contributed by atoms with Crippen molar-refractivity contribution in [1.29, 1.82) is 0 Å². The summed E-state index contributed by atoms with van der Waals surface area (Å²) >= 11 is 0. The Kier molecular flexibility index (Phi) is 3.08. The van der Waals surface area contributed by atoms with Crippen molar-refractivity contribution in [2.45, 2.75) is 20.3 Å². The molecule has 2 aromatic rings. The molecule has 0 fully saturated rings. The first-order valence-corrected chi connectivity index (χ1v) is 5.43. The molecule has 0 amide bonds. The van der Waals surface area contributed by atoms with Crippen LogP contribution < -0.4 is 5.73 Å². The summed E-state index contributed by atoms with van der Waals surface area (Å²) in [6.45, 7) is 4.14. The van der Waals surface area contributed by atoms with Gasteiger partial charge in [0, 0.05) is 17.3 Å². The average molecular weight is 235 g/mol. The van der Waals surface area contributed by atoms with Crippen LogP contribution in [0.3, 0.4) is 0 Å². The highest BCUT2D eigenvalue weighted by Crippen LogP contribution is 2.28. The van der Waals surface area contributed by atoms with Crippen molar-refractivity contribution in [3.05, 3.63) is 29.8 Å². The number of pyridine rings is 1. The molecule has 4 nitrogen and oxygen atoms in total. The van der Waals surface area contributed by atoms with Crippen molar-refractivity contribution in [3.63, 3.8) is 0 Å². The maximum Gasteiger partial charge on any atom is 0.225 e. The number of aromatic nitrogens is 2. The Labute approximate surface area is 98.6 Å². The molecule has 0 aliphatic heterocycles. The minimum absolute atomic E-state index is 0.290. The number of anilines is 1. The Morgan fingerprint density at radius 3 is 2.82 bits per heavy atom. The molecule has 0 radical (unpaired) electrons. The second-order valence-electron chi connectivity index (χ2n) is 4.36. The Bertz CT molecular complexity index is 522. The lowest BCUT2D eigenvalue weighted by Gasteiger charge is -2.04. The number of hydrogen-bond donors (Lipinski definition) is 1. The fraction of sp³-hybridized carbons (Fsp3) is 0.333. The van der Waals surface area contributed by atoms with Gasteiger partial charge in [-0.25, -0.2) is 4.39 Å². The number of hydrogen-bond acceptors (Lipinski definition) is 4. The van der Waals surface area contributed by atoms with Crippen LogP contribution >= 0.6 is 0 Å². The van der Waals surface area contributed by atoms with E-state index in [1.807, 2.05) is 0 Å². The molecule has 2 aromatic heterocycles. The van der Waals surface area contributed by atoms with E-state index in [4.69, 9.17) is 10.3 Å². The first-order valence-electron chi connectivity index (χ1n) is 5.43. The molecule has 5 heteroatoms. The first-order chi connectivity index (χ1) is 8.08.